The van der Waals surface area contributed by atoms with Crippen molar-refractivity contribution in [3.05, 3.63) is 0 Å². The van der Waals surface area contributed by atoms with Crippen molar-refractivity contribution < 1.29 is 9.59 Å². The number of amides is 2. The van der Waals surface area contributed by atoms with Crippen LogP contribution in [0.25, 0.3) is 0 Å². The summed E-state index contributed by atoms with van der Waals surface area (Å²) in [6.07, 6.45) is 3.62. The molecule has 0 bridgehead atoms. The highest BCUT2D eigenvalue weighted by Crippen LogP contribution is 2.24. The molecule has 1 aliphatic carbocycles. The third kappa shape index (κ3) is 6.57. The molecule has 20 heavy (non-hydrogen) atoms. The van der Waals surface area contributed by atoms with E-state index in [1.807, 2.05) is 20.8 Å². The number of halogens is 1. The molecule has 2 atom stereocenters. The Bertz CT molecular complexity index is 342. The maximum Gasteiger partial charge on any atom is 0.240 e. The van der Waals surface area contributed by atoms with Gasteiger partial charge in [-0.3, -0.25) is 9.59 Å². The number of hydrogen-bond acceptors (Lipinski definition) is 3. The zero-order chi connectivity index (χ0) is 14.6. The van der Waals surface area contributed by atoms with Crippen molar-refractivity contribution in [2.24, 2.45) is 11.7 Å². The summed E-state index contributed by atoms with van der Waals surface area (Å²) in [6.45, 7) is 5.88. The van der Waals surface area contributed by atoms with Gasteiger partial charge in [-0.15, -0.1) is 12.4 Å². The van der Waals surface area contributed by atoms with Gasteiger partial charge in [0.1, 0.15) is 0 Å². The maximum atomic E-state index is 12.2. The minimum absolute atomic E-state index is 0. The van der Waals surface area contributed by atoms with Crippen molar-refractivity contribution in [2.75, 3.05) is 13.6 Å². The second kappa shape index (κ2) is 7.84. The van der Waals surface area contributed by atoms with E-state index < -0.39 is 0 Å². The van der Waals surface area contributed by atoms with Crippen LogP contribution in [-0.4, -0.2) is 41.9 Å². The molecule has 0 spiro atoms. The normalized spacial score (nSPS) is 22.6. The van der Waals surface area contributed by atoms with Crippen molar-refractivity contribution in [3.8, 4) is 0 Å². The molecule has 0 aromatic heterocycles. The Morgan fingerprint density at radius 2 is 1.90 bits per heavy atom. The molecule has 5 nitrogen and oxygen atoms in total. The first kappa shape index (κ1) is 19.2. The summed E-state index contributed by atoms with van der Waals surface area (Å²) in [6, 6.07) is 0.125. The standard InChI is InChI=1S/C14H27N3O2.ClH/c1-14(2,3)16-12(18)9-17(4)13(19)10-6-5-7-11(15)8-10;/h10-11H,5-9,15H2,1-4H3,(H,16,18);1H. The average molecular weight is 306 g/mol. The zero-order valence-electron chi connectivity index (χ0n) is 12.9. The SMILES string of the molecule is CN(CC(=O)NC(C)(C)C)C(=O)C1CCCC(N)C1.Cl. The van der Waals surface area contributed by atoms with E-state index in [9.17, 15) is 9.59 Å². The summed E-state index contributed by atoms with van der Waals surface area (Å²) in [4.78, 5) is 25.5. The van der Waals surface area contributed by atoms with Crippen LogP contribution in [-0.2, 0) is 9.59 Å². The van der Waals surface area contributed by atoms with Gasteiger partial charge in [-0.2, -0.15) is 0 Å². The molecule has 2 unspecified atom stereocenters. The third-order valence-corrected chi connectivity index (χ3v) is 3.34. The molecule has 3 N–H and O–H groups in total. The van der Waals surface area contributed by atoms with Crippen LogP contribution in [0, 0.1) is 5.92 Å². The Morgan fingerprint density at radius 1 is 1.30 bits per heavy atom. The molecule has 0 saturated heterocycles. The first-order valence-corrected chi connectivity index (χ1v) is 7.00. The number of nitrogens with one attached hydrogen (secondary N) is 1. The molecule has 1 saturated carbocycles. The van der Waals surface area contributed by atoms with Crippen molar-refractivity contribution in [1.82, 2.24) is 10.2 Å². The Morgan fingerprint density at radius 3 is 2.40 bits per heavy atom. The van der Waals surface area contributed by atoms with Gasteiger partial charge in [-0.25, -0.2) is 0 Å². The number of nitrogens with zero attached hydrogens (tertiary/aromatic N) is 1. The lowest BCUT2D eigenvalue weighted by Gasteiger charge is -2.30. The summed E-state index contributed by atoms with van der Waals surface area (Å²) >= 11 is 0. The predicted molar refractivity (Wildman–Crippen MR) is 82.7 cm³/mol. The van der Waals surface area contributed by atoms with E-state index in [0.29, 0.717) is 0 Å². The van der Waals surface area contributed by atoms with Crippen LogP contribution < -0.4 is 11.1 Å². The van der Waals surface area contributed by atoms with Gasteiger partial charge < -0.3 is 16.0 Å². The fraction of sp³-hybridized carbons (Fsp3) is 0.857. The van der Waals surface area contributed by atoms with Gasteiger partial charge in [0.25, 0.3) is 0 Å². The molecule has 1 aliphatic rings. The minimum Gasteiger partial charge on any atom is -0.350 e. The summed E-state index contributed by atoms with van der Waals surface area (Å²) in [5.74, 6) is -0.0983. The van der Waals surface area contributed by atoms with E-state index >= 15 is 0 Å². The third-order valence-electron chi connectivity index (χ3n) is 3.34. The average Bonchev–Trinajstić information content (AvgIpc) is 2.25. The van der Waals surface area contributed by atoms with Crippen molar-refractivity contribution in [1.29, 1.82) is 0 Å². The van der Waals surface area contributed by atoms with E-state index in [2.05, 4.69) is 5.32 Å². The van der Waals surface area contributed by atoms with Gasteiger partial charge in [-0.1, -0.05) is 6.42 Å². The second-order valence-corrected chi connectivity index (χ2v) is 6.62. The highest BCUT2D eigenvalue weighted by Gasteiger charge is 2.28. The van der Waals surface area contributed by atoms with Crippen LogP contribution in [0.4, 0.5) is 0 Å². The quantitative estimate of drug-likeness (QED) is 0.825. The van der Waals surface area contributed by atoms with Gasteiger partial charge >= 0.3 is 0 Å². The van der Waals surface area contributed by atoms with Gasteiger partial charge in [0.2, 0.25) is 11.8 Å². The van der Waals surface area contributed by atoms with Crippen LogP contribution in [0.5, 0.6) is 0 Å². The van der Waals surface area contributed by atoms with E-state index in [-0.39, 0.29) is 48.3 Å². The van der Waals surface area contributed by atoms with Crippen molar-refractivity contribution in [3.63, 3.8) is 0 Å². The molecule has 0 radical (unpaired) electrons. The number of carbonyl (C=O) groups is 2. The van der Waals surface area contributed by atoms with Crippen molar-refractivity contribution >= 4 is 24.2 Å². The lowest BCUT2D eigenvalue weighted by atomic mass is 9.85. The first-order valence-electron chi connectivity index (χ1n) is 7.00. The van der Waals surface area contributed by atoms with E-state index in [1.165, 1.54) is 4.90 Å². The minimum atomic E-state index is -0.270. The Labute approximate surface area is 128 Å². The van der Waals surface area contributed by atoms with E-state index in [4.69, 9.17) is 5.73 Å². The highest BCUT2D eigenvalue weighted by atomic mass is 35.5. The Kier molecular flexibility index (Phi) is 7.52. The number of carbonyl (C=O) groups excluding carboxylic acids is 2. The fourth-order valence-corrected chi connectivity index (χ4v) is 2.51. The molecular weight excluding hydrogens is 278 g/mol. The van der Waals surface area contributed by atoms with Crippen LogP contribution in [0.1, 0.15) is 46.5 Å². The molecular formula is C14H28ClN3O2. The zero-order valence-corrected chi connectivity index (χ0v) is 13.8. The topological polar surface area (TPSA) is 75.4 Å². The molecule has 0 aromatic rings. The van der Waals surface area contributed by atoms with E-state index in [1.54, 1.807) is 7.05 Å². The first-order chi connectivity index (χ1) is 8.69. The molecule has 0 aromatic carbocycles. The predicted octanol–water partition coefficient (Wildman–Crippen LogP) is 1.30. The number of rotatable bonds is 3. The molecule has 0 heterocycles. The number of nitrogens with two attached hydrogens (primary N) is 1. The molecule has 1 rings (SSSR count). The fourth-order valence-electron chi connectivity index (χ4n) is 2.51. The molecule has 6 heteroatoms. The Hall–Kier alpha value is -0.810. The summed E-state index contributed by atoms with van der Waals surface area (Å²) in [5.41, 5.74) is 5.63. The van der Waals surface area contributed by atoms with Gasteiger partial charge in [-0.05, 0) is 40.0 Å². The van der Waals surface area contributed by atoms with E-state index in [0.717, 1.165) is 25.7 Å². The number of hydrogen-bond donors (Lipinski definition) is 2. The molecule has 118 valence electrons. The van der Waals surface area contributed by atoms with Gasteiger partial charge in [0.15, 0.2) is 0 Å². The van der Waals surface area contributed by atoms with Crippen molar-refractivity contribution in [2.45, 2.75) is 58.0 Å². The van der Waals surface area contributed by atoms with Crippen LogP contribution >= 0.6 is 12.4 Å². The van der Waals surface area contributed by atoms with Crippen LogP contribution in [0.15, 0.2) is 0 Å². The smallest absolute Gasteiger partial charge is 0.240 e. The molecule has 2 amide bonds. The largest absolute Gasteiger partial charge is 0.350 e. The summed E-state index contributed by atoms with van der Waals surface area (Å²) in [5, 5.41) is 2.86. The van der Waals surface area contributed by atoms with Gasteiger partial charge in [0.05, 0.1) is 6.54 Å². The lowest BCUT2D eigenvalue weighted by molar-refractivity contribution is -0.139. The second-order valence-electron chi connectivity index (χ2n) is 6.62. The van der Waals surface area contributed by atoms with Crippen LogP contribution in [0.2, 0.25) is 0 Å². The highest BCUT2D eigenvalue weighted by molar-refractivity contribution is 5.86. The summed E-state index contributed by atoms with van der Waals surface area (Å²) in [7, 11) is 1.69. The van der Waals surface area contributed by atoms with Crippen LogP contribution in [0.3, 0.4) is 0 Å². The Balaban J connectivity index is 0.00000361. The maximum absolute atomic E-state index is 12.2. The summed E-state index contributed by atoms with van der Waals surface area (Å²) < 4.78 is 0. The van der Waals surface area contributed by atoms with Gasteiger partial charge in [0, 0.05) is 24.5 Å². The monoisotopic (exact) mass is 305 g/mol. The lowest BCUT2D eigenvalue weighted by Crippen LogP contribution is -2.48. The molecule has 1 fully saturated rings. The number of likely N-dealkylation sites (N-methyl/N-ethyl adjacent to an activating group) is 1. The molecule has 0 aliphatic heterocycles.